The van der Waals surface area contributed by atoms with Crippen LogP contribution in [0.1, 0.15) is 31.2 Å². The molecule has 5 heteroatoms. The van der Waals surface area contributed by atoms with Gasteiger partial charge in [-0.25, -0.2) is 4.68 Å². The number of nitrogens with one attached hydrogen (secondary N) is 1. The van der Waals surface area contributed by atoms with Crippen LogP contribution in [0.15, 0.2) is 42.7 Å². The van der Waals surface area contributed by atoms with E-state index in [1.54, 1.807) is 6.20 Å². The van der Waals surface area contributed by atoms with Crippen molar-refractivity contribution < 1.29 is 5.11 Å². The fraction of sp³-hybridized carbons (Fsp3) is 0.526. The molecule has 2 aromatic rings. The van der Waals surface area contributed by atoms with Crippen LogP contribution in [-0.4, -0.2) is 51.1 Å². The summed E-state index contributed by atoms with van der Waals surface area (Å²) in [5, 5.41) is 17.9. The lowest BCUT2D eigenvalue weighted by Gasteiger charge is -2.30. The number of aliphatic hydroxyl groups excluding tert-OH is 1. The number of benzene rings is 1. The van der Waals surface area contributed by atoms with Gasteiger partial charge in [-0.1, -0.05) is 18.6 Å². The monoisotopic (exact) mass is 326 g/mol. The minimum atomic E-state index is -0.128. The normalized spacial score (nSPS) is 27.8. The van der Waals surface area contributed by atoms with Crippen LogP contribution >= 0.6 is 0 Å². The second-order valence-corrected chi connectivity index (χ2v) is 7.04. The molecule has 0 radical (unpaired) electrons. The minimum Gasteiger partial charge on any atom is -0.392 e. The molecule has 0 bridgehead atoms. The highest BCUT2D eigenvalue weighted by atomic mass is 16.3. The van der Waals surface area contributed by atoms with Gasteiger partial charge in [-0.3, -0.25) is 4.90 Å². The molecule has 1 unspecified atom stereocenters. The van der Waals surface area contributed by atoms with Crippen molar-refractivity contribution in [1.82, 2.24) is 20.0 Å². The number of rotatable bonds is 5. The van der Waals surface area contributed by atoms with Crippen molar-refractivity contribution in [3.63, 3.8) is 0 Å². The van der Waals surface area contributed by atoms with E-state index in [0.717, 1.165) is 31.7 Å². The fourth-order valence-corrected chi connectivity index (χ4v) is 4.16. The zero-order valence-electron chi connectivity index (χ0n) is 14.0. The Labute approximate surface area is 143 Å². The van der Waals surface area contributed by atoms with E-state index in [9.17, 15) is 5.11 Å². The second-order valence-electron chi connectivity index (χ2n) is 7.04. The highest BCUT2D eigenvalue weighted by Crippen LogP contribution is 2.27. The summed E-state index contributed by atoms with van der Waals surface area (Å²) in [6.07, 6.45) is 8.33. The van der Waals surface area contributed by atoms with Gasteiger partial charge in [0.05, 0.1) is 11.8 Å². The Morgan fingerprint density at radius 2 is 2.17 bits per heavy atom. The first-order valence-corrected chi connectivity index (χ1v) is 9.04. The Morgan fingerprint density at radius 3 is 2.96 bits per heavy atom. The van der Waals surface area contributed by atoms with Crippen LogP contribution in [0.4, 0.5) is 0 Å². The predicted octanol–water partition coefficient (Wildman–Crippen LogP) is 1.95. The molecule has 2 fully saturated rings. The molecule has 128 valence electrons. The van der Waals surface area contributed by atoms with Gasteiger partial charge in [-0.15, -0.1) is 0 Å². The third kappa shape index (κ3) is 3.38. The quantitative estimate of drug-likeness (QED) is 0.882. The second kappa shape index (κ2) is 7.05. The van der Waals surface area contributed by atoms with E-state index in [-0.39, 0.29) is 6.10 Å². The number of hydrogen-bond donors (Lipinski definition) is 2. The van der Waals surface area contributed by atoms with Crippen molar-refractivity contribution in [1.29, 1.82) is 0 Å². The molecular weight excluding hydrogens is 300 g/mol. The zero-order valence-corrected chi connectivity index (χ0v) is 14.0. The van der Waals surface area contributed by atoms with Crippen LogP contribution in [0.25, 0.3) is 5.69 Å². The van der Waals surface area contributed by atoms with E-state index >= 15 is 0 Å². The van der Waals surface area contributed by atoms with Gasteiger partial charge in [0.1, 0.15) is 0 Å². The minimum absolute atomic E-state index is 0.128. The number of likely N-dealkylation sites (tertiary alicyclic amines) is 1. The summed E-state index contributed by atoms with van der Waals surface area (Å²) < 4.78 is 1.90. The van der Waals surface area contributed by atoms with Gasteiger partial charge in [-0.2, -0.15) is 5.10 Å². The maximum Gasteiger partial charge on any atom is 0.0679 e. The Balaban J connectivity index is 1.38. The summed E-state index contributed by atoms with van der Waals surface area (Å²) in [6, 6.07) is 11.6. The third-order valence-corrected chi connectivity index (χ3v) is 5.39. The summed E-state index contributed by atoms with van der Waals surface area (Å²) in [5.74, 6) is 0. The molecule has 3 atom stereocenters. The molecule has 2 aliphatic rings. The van der Waals surface area contributed by atoms with Crippen molar-refractivity contribution in [3.8, 4) is 5.69 Å². The molecule has 1 aliphatic carbocycles. The van der Waals surface area contributed by atoms with Gasteiger partial charge in [0.15, 0.2) is 0 Å². The van der Waals surface area contributed by atoms with Gasteiger partial charge in [0.2, 0.25) is 0 Å². The first kappa shape index (κ1) is 15.8. The Hall–Kier alpha value is -1.69. The van der Waals surface area contributed by atoms with Crippen LogP contribution in [0.2, 0.25) is 0 Å². The molecule has 1 saturated carbocycles. The maximum atomic E-state index is 9.80. The first-order chi connectivity index (χ1) is 11.8. The molecular formula is C19H26N4O. The standard InChI is InChI=1S/C19H26N4O/c24-17-8-11-22(14-17)19-7-2-6-18(19)20-13-15-4-1-5-16(12-15)23-10-3-9-21-23/h1,3-5,9-10,12,17-20,24H,2,6-8,11,13-14H2/t17?,18-,19+/m1/s1. The maximum absolute atomic E-state index is 9.80. The van der Waals surface area contributed by atoms with Crippen molar-refractivity contribution in [2.75, 3.05) is 13.1 Å². The summed E-state index contributed by atoms with van der Waals surface area (Å²) in [5.41, 5.74) is 2.39. The smallest absolute Gasteiger partial charge is 0.0679 e. The Morgan fingerprint density at radius 1 is 1.21 bits per heavy atom. The van der Waals surface area contributed by atoms with Gasteiger partial charge in [-0.05, 0) is 43.0 Å². The lowest BCUT2D eigenvalue weighted by atomic mass is 10.1. The van der Waals surface area contributed by atoms with Crippen LogP contribution in [0, 0.1) is 0 Å². The molecule has 0 spiro atoms. The molecule has 24 heavy (non-hydrogen) atoms. The van der Waals surface area contributed by atoms with E-state index in [1.807, 2.05) is 16.9 Å². The molecule has 2 N–H and O–H groups in total. The van der Waals surface area contributed by atoms with Crippen molar-refractivity contribution in [2.45, 2.75) is 50.4 Å². The average molecular weight is 326 g/mol. The van der Waals surface area contributed by atoms with Crippen LogP contribution < -0.4 is 5.32 Å². The van der Waals surface area contributed by atoms with Crippen LogP contribution in [0.3, 0.4) is 0 Å². The number of nitrogens with zero attached hydrogens (tertiary/aromatic N) is 3. The summed E-state index contributed by atoms with van der Waals surface area (Å²) in [7, 11) is 0. The molecule has 1 aliphatic heterocycles. The highest BCUT2D eigenvalue weighted by Gasteiger charge is 2.35. The molecule has 2 heterocycles. The van der Waals surface area contributed by atoms with E-state index in [2.05, 4.69) is 39.6 Å². The molecule has 1 aromatic carbocycles. The van der Waals surface area contributed by atoms with Gasteiger partial charge in [0, 0.05) is 44.1 Å². The van der Waals surface area contributed by atoms with E-state index < -0.39 is 0 Å². The lowest BCUT2D eigenvalue weighted by Crippen LogP contribution is -2.46. The fourth-order valence-electron chi connectivity index (χ4n) is 4.16. The summed E-state index contributed by atoms with van der Waals surface area (Å²) >= 11 is 0. The predicted molar refractivity (Wildman–Crippen MR) is 94.0 cm³/mol. The van der Waals surface area contributed by atoms with Crippen molar-refractivity contribution >= 4 is 0 Å². The number of hydrogen-bond acceptors (Lipinski definition) is 4. The first-order valence-electron chi connectivity index (χ1n) is 9.04. The van der Waals surface area contributed by atoms with Crippen molar-refractivity contribution in [3.05, 3.63) is 48.3 Å². The molecule has 1 aromatic heterocycles. The highest BCUT2D eigenvalue weighted by molar-refractivity contribution is 5.35. The van der Waals surface area contributed by atoms with E-state index in [4.69, 9.17) is 0 Å². The third-order valence-electron chi connectivity index (χ3n) is 5.39. The number of aliphatic hydroxyl groups is 1. The SMILES string of the molecule is OC1CCN([C@H]2CCC[C@H]2NCc2cccc(-n3cccn3)c2)C1. The molecule has 4 rings (SSSR count). The number of aromatic nitrogens is 2. The molecule has 0 amide bonds. The Bertz CT molecular complexity index is 657. The Kier molecular flexibility index (Phi) is 4.65. The summed E-state index contributed by atoms with van der Waals surface area (Å²) in [4.78, 5) is 2.48. The zero-order chi connectivity index (χ0) is 16.4. The average Bonchev–Trinajstić information content (AvgIpc) is 3.34. The molecule has 5 nitrogen and oxygen atoms in total. The van der Waals surface area contributed by atoms with Crippen LogP contribution in [0.5, 0.6) is 0 Å². The van der Waals surface area contributed by atoms with Crippen LogP contribution in [-0.2, 0) is 6.54 Å². The number of β-amino-alcohol motifs (C(OH)–C–C–N with tert-alkyl or cyclic N) is 1. The van der Waals surface area contributed by atoms with Gasteiger partial charge in [0.25, 0.3) is 0 Å². The van der Waals surface area contributed by atoms with E-state index in [0.29, 0.717) is 12.1 Å². The topological polar surface area (TPSA) is 53.3 Å². The van der Waals surface area contributed by atoms with Gasteiger partial charge < -0.3 is 10.4 Å². The van der Waals surface area contributed by atoms with E-state index in [1.165, 1.54) is 24.8 Å². The molecule has 1 saturated heterocycles. The van der Waals surface area contributed by atoms with Gasteiger partial charge >= 0.3 is 0 Å². The largest absolute Gasteiger partial charge is 0.392 e. The summed E-state index contributed by atoms with van der Waals surface area (Å²) in [6.45, 7) is 2.77. The lowest BCUT2D eigenvalue weighted by molar-refractivity contribution is 0.150. The van der Waals surface area contributed by atoms with Crippen molar-refractivity contribution in [2.24, 2.45) is 0 Å².